The molecule has 0 radical (unpaired) electrons. The first kappa shape index (κ1) is 19.6. The molecule has 1 saturated heterocycles. The molecule has 2 rings (SSSR count). The van der Waals surface area contributed by atoms with Crippen molar-refractivity contribution in [1.82, 2.24) is 10.6 Å². The molecule has 0 bridgehead atoms. The summed E-state index contributed by atoms with van der Waals surface area (Å²) in [7, 11) is 0. The Morgan fingerprint density at radius 1 is 1.45 bits per heavy atom. The molecule has 2 atom stereocenters. The average molecular weight is 363 g/mol. The van der Waals surface area contributed by atoms with Crippen molar-refractivity contribution in [3.63, 3.8) is 0 Å². The molecule has 1 aromatic carbocycles. The summed E-state index contributed by atoms with van der Waals surface area (Å²) < 4.78 is 0. The van der Waals surface area contributed by atoms with Crippen molar-refractivity contribution in [1.29, 1.82) is 0 Å². The van der Waals surface area contributed by atoms with E-state index >= 15 is 0 Å². The molecule has 0 saturated carbocycles. The van der Waals surface area contributed by atoms with Crippen LogP contribution in [0.25, 0.3) is 0 Å². The third kappa shape index (κ3) is 5.65. The molecule has 22 heavy (non-hydrogen) atoms. The Hall–Kier alpha value is -0.420. The van der Waals surface area contributed by atoms with Crippen molar-refractivity contribution >= 4 is 41.7 Å². The molecule has 0 aromatic heterocycles. The van der Waals surface area contributed by atoms with Crippen molar-refractivity contribution in [2.75, 3.05) is 18.1 Å². The predicted octanol–water partition coefficient (Wildman–Crippen LogP) is 3.67. The van der Waals surface area contributed by atoms with Gasteiger partial charge in [0.15, 0.2) is 0 Å². The van der Waals surface area contributed by atoms with E-state index in [0.29, 0.717) is 17.4 Å². The Balaban J connectivity index is 0.00000242. The number of hydrogen-bond donors (Lipinski definition) is 2. The zero-order chi connectivity index (χ0) is 15.2. The highest BCUT2D eigenvalue weighted by Crippen LogP contribution is 2.28. The molecule has 1 aliphatic rings. The van der Waals surface area contributed by atoms with Crippen LogP contribution in [0.2, 0.25) is 5.02 Å². The summed E-state index contributed by atoms with van der Waals surface area (Å²) in [5, 5.41) is 7.26. The van der Waals surface area contributed by atoms with Crippen LogP contribution in [0.4, 0.5) is 0 Å². The summed E-state index contributed by atoms with van der Waals surface area (Å²) in [6.45, 7) is 5.19. The zero-order valence-electron chi connectivity index (χ0n) is 13.0. The second kappa shape index (κ2) is 9.66. The van der Waals surface area contributed by atoms with E-state index < -0.39 is 0 Å². The van der Waals surface area contributed by atoms with Crippen LogP contribution in [-0.2, 0) is 4.79 Å². The number of thioether (sulfide) groups is 1. The summed E-state index contributed by atoms with van der Waals surface area (Å²) in [4.78, 5) is 12.3. The lowest BCUT2D eigenvalue weighted by Gasteiger charge is -2.27. The Labute approximate surface area is 148 Å². The van der Waals surface area contributed by atoms with Crippen LogP contribution in [0.15, 0.2) is 24.3 Å². The Morgan fingerprint density at radius 3 is 2.77 bits per heavy atom. The van der Waals surface area contributed by atoms with Gasteiger partial charge in [-0.05, 0) is 17.5 Å². The minimum atomic E-state index is -0.0394. The van der Waals surface area contributed by atoms with Crippen LogP contribution in [0.3, 0.4) is 0 Å². The van der Waals surface area contributed by atoms with E-state index in [9.17, 15) is 4.79 Å². The van der Waals surface area contributed by atoms with Gasteiger partial charge in [0, 0.05) is 35.5 Å². The van der Waals surface area contributed by atoms with E-state index in [2.05, 4.69) is 24.5 Å². The molecule has 1 aliphatic heterocycles. The van der Waals surface area contributed by atoms with Gasteiger partial charge in [-0.1, -0.05) is 43.6 Å². The third-order valence-corrected chi connectivity index (χ3v) is 5.13. The number of rotatable bonds is 5. The van der Waals surface area contributed by atoms with Crippen molar-refractivity contribution in [2.45, 2.75) is 32.4 Å². The quantitative estimate of drug-likeness (QED) is 0.839. The van der Waals surface area contributed by atoms with E-state index in [4.69, 9.17) is 11.6 Å². The van der Waals surface area contributed by atoms with Crippen molar-refractivity contribution < 1.29 is 4.79 Å². The van der Waals surface area contributed by atoms with Gasteiger partial charge in [-0.25, -0.2) is 0 Å². The van der Waals surface area contributed by atoms with Crippen LogP contribution in [-0.4, -0.2) is 30.0 Å². The third-order valence-electron chi connectivity index (χ3n) is 3.65. The monoisotopic (exact) mass is 362 g/mol. The van der Waals surface area contributed by atoms with Gasteiger partial charge in [-0.2, -0.15) is 11.8 Å². The van der Waals surface area contributed by atoms with Gasteiger partial charge in [0.05, 0.1) is 6.04 Å². The Kier molecular flexibility index (Phi) is 8.62. The largest absolute Gasteiger partial charge is 0.349 e. The maximum absolute atomic E-state index is 12.3. The van der Waals surface area contributed by atoms with Crippen molar-refractivity contribution in [2.24, 2.45) is 5.92 Å². The van der Waals surface area contributed by atoms with E-state index in [0.717, 1.165) is 23.6 Å². The minimum Gasteiger partial charge on any atom is -0.349 e. The highest BCUT2D eigenvalue weighted by atomic mass is 35.5. The average Bonchev–Trinajstić information content (AvgIpc) is 2.46. The van der Waals surface area contributed by atoms with Gasteiger partial charge in [0.1, 0.15) is 0 Å². The first-order valence-corrected chi connectivity index (χ1v) is 8.96. The second-order valence-corrected chi connectivity index (χ2v) is 7.30. The number of benzene rings is 1. The topological polar surface area (TPSA) is 41.1 Å². The Bertz CT molecular complexity index is 479. The lowest BCUT2D eigenvalue weighted by Crippen LogP contribution is -2.42. The lowest BCUT2D eigenvalue weighted by molar-refractivity contribution is -0.122. The summed E-state index contributed by atoms with van der Waals surface area (Å²) in [5.41, 5.74) is 0.994. The summed E-state index contributed by atoms with van der Waals surface area (Å²) in [5.74, 6) is 2.52. The molecule has 0 aliphatic carbocycles. The van der Waals surface area contributed by atoms with E-state index in [1.165, 1.54) is 0 Å². The van der Waals surface area contributed by atoms with Crippen LogP contribution in [0.5, 0.6) is 0 Å². The van der Waals surface area contributed by atoms with Gasteiger partial charge in [0.25, 0.3) is 0 Å². The molecule has 1 amide bonds. The maximum atomic E-state index is 12.3. The van der Waals surface area contributed by atoms with Gasteiger partial charge in [-0.15, -0.1) is 12.4 Å². The van der Waals surface area contributed by atoms with Crippen molar-refractivity contribution in [3.8, 4) is 0 Å². The molecular formula is C16H24Cl2N2OS. The highest BCUT2D eigenvalue weighted by Gasteiger charge is 2.23. The molecule has 3 nitrogen and oxygen atoms in total. The normalized spacial score (nSPS) is 19.4. The summed E-state index contributed by atoms with van der Waals surface area (Å²) >= 11 is 8.18. The zero-order valence-corrected chi connectivity index (χ0v) is 15.4. The fourth-order valence-electron chi connectivity index (χ4n) is 2.54. The molecule has 124 valence electrons. The molecule has 1 aromatic rings. The molecule has 1 fully saturated rings. The Morgan fingerprint density at radius 2 is 2.18 bits per heavy atom. The lowest BCUT2D eigenvalue weighted by atomic mass is 9.95. The number of nitrogens with one attached hydrogen (secondary N) is 2. The van der Waals surface area contributed by atoms with E-state index in [1.54, 1.807) is 0 Å². The molecular weight excluding hydrogens is 339 g/mol. The van der Waals surface area contributed by atoms with Gasteiger partial charge >= 0.3 is 0 Å². The van der Waals surface area contributed by atoms with E-state index in [-0.39, 0.29) is 30.4 Å². The number of hydrogen-bond acceptors (Lipinski definition) is 3. The van der Waals surface area contributed by atoms with Gasteiger partial charge in [-0.3, -0.25) is 4.79 Å². The first-order valence-electron chi connectivity index (χ1n) is 7.43. The SMILES string of the molecule is CC(C)C(NC(=O)CC1CSCCN1)c1ccccc1Cl.Cl. The standard InChI is InChI=1S/C16H23ClN2OS.ClH/c1-11(2)16(13-5-3-4-6-14(13)17)19-15(20)9-12-10-21-8-7-18-12;/h3-6,11-12,16,18H,7-10H2,1-2H3,(H,19,20);1H. The molecule has 6 heteroatoms. The smallest absolute Gasteiger partial charge is 0.222 e. The number of halogens is 2. The number of carbonyl (C=O) groups excluding carboxylic acids is 1. The number of carbonyl (C=O) groups is 1. The van der Waals surface area contributed by atoms with Crippen LogP contribution in [0, 0.1) is 5.92 Å². The highest BCUT2D eigenvalue weighted by molar-refractivity contribution is 7.99. The van der Waals surface area contributed by atoms with Crippen LogP contribution < -0.4 is 10.6 Å². The molecule has 0 spiro atoms. The van der Waals surface area contributed by atoms with Crippen molar-refractivity contribution in [3.05, 3.63) is 34.9 Å². The van der Waals surface area contributed by atoms with E-state index in [1.807, 2.05) is 36.0 Å². The first-order chi connectivity index (χ1) is 10.1. The fraction of sp³-hybridized carbons (Fsp3) is 0.562. The molecule has 2 N–H and O–H groups in total. The van der Waals surface area contributed by atoms with Gasteiger partial charge < -0.3 is 10.6 Å². The second-order valence-electron chi connectivity index (χ2n) is 5.74. The fourth-order valence-corrected chi connectivity index (χ4v) is 3.74. The minimum absolute atomic E-state index is 0. The molecule has 2 unspecified atom stereocenters. The summed E-state index contributed by atoms with van der Waals surface area (Å²) in [6, 6.07) is 7.97. The van der Waals surface area contributed by atoms with Crippen LogP contribution in [0.1, 0.15) is 31.9 Å². The summed E-state index contributed by atoms with van der Waals surface area (Å²) in [6.07, 6.45) is 0.528. The molecule has 1 heterocycles. The van der Waals surface area contributed by atoms with Crippen LogP contribution >= 0.6 is 35.8 Å². The van der Waals surface area contributed by atoms with Gasteiger partial charge in [0.2, 0.25) is 5.91 Å². The predicted molar refractivity (Wildman–Crippen MR) is 98.2 cm³/mol. The number of amides is 1. The maximum Gasteiger partial charge on any atom is 0.222 e.